The van der Waals surface area contributed by atoms with E-state index in [1.807, 2.05) is 52.3 Å². The lowest BCUT2D eigenvalue weighted by molar-refractivity contribution is -0.135. The van der Waals surface area contributed by atoms with Gasteiger partial charge in [-0.3, -0.25) is 14.2 Å². The molecular weight excluding hydrogens is 390 g/mol. The number of para-hydroxylation sites is 1. The fourth-order valence-corrected chi connectivity index (χ4v) is 4.81. The zero-order valence-corrected chi connectivity index (χ0v) is 17.4. The first-order chi connectivity index (χ1) is 15.2. The van der Waals surface area contributed by atoms with Gasteiger partial charge in [-0.1, -0.05) is 42.5 Å². The first-order valence-corrected chi connectivity index (χ1v) is 10.7. The Labute approximate surface area is 181 Å². The van der Waals surface area contributed by atoms with Crippen LogP contribution in [0.3, 0.4) is 0 Å². The molecule has 0 bridgehead atoms. The number of hydrogen-bond acceptors (Lipinski definition) is 4. The molecule has 2 fully saturated rings. The summed E-state index contributed by atoms with van der Waals surface area (Å²) in [6.07, 6.45) is 5.58. The molecule has 7 nitrogen and oxygen atoms in total. The molecule has 1 unspecified atom stereocenters. The fourth-order valence-electron chi connectivity index (χ4n) is 4.81. The van der Waals surface area contributed by atoms with Gasteiger partial charge in [0, 0.05) is 26.2 Å². The third kappa shape index (κ3) is 3.60. The van der Waals surface area contributed by atoms with Crippen LogP contribution in [0.5, 0.6) is 0 Å². The van der Waals surface area contributed by atoms with Gasteiger partial charge in [-0.2, -0.15) is 0 Å². The van der Waals surface area contributed by atoms with Crippen molar-refractivity contribution >= 4 is 11.8 Å². The van der Waals surface area contributed by atoms with Crippen LogP contribution in [0.2, 0.25) is 0 Å². The van der Waals surface area contributed by atoms with Gasteiger partial charge < -0.3 is 9.80 Å². The van der Waals surface area contributed by atoms with Crippen molar-refractivity contribution in [1.82, 2.24) is 24.6 Å². The quantitative estimate of drug-likeness (QED) is 0.642. The van der Waals surface area contributed by atoms with Gasteiger partial charge in [0.25, 0.3) is 5.91 Å². The smallest absolute Gasteiger partial charge is 0.256 e. The molecule has 7 heteroatoms. The zero-order valence-electron chi connectivity index (χ0n) is 17.4. The first kappa shape index (κ1) is 19.5. The molecule has 2 saturated heterocycles. The number of benzene rings is 2. The van der Waals surface area contributed by atoms with Gasteiger partial charge in [0.15, 0.2) is 0 Å². The Morgan fingerprint density at radius 3 is 2.45 bits per heavy atom. The van der Waals surface area contributed by atoms with Gasteiger partial charge in [0.05, 0.1) is 16.7 Å². The highest BCUT2D eigenvalue weighted by Gasteiger charge is 2.51. The van der Waals surface area contributed by atoms with E-state index in [1.54, 1.807) is 17.2 Å². The molecule has 1 atom stereocenters. The van der Waals surface area contributed by atoms with Crippen LogP contribution < -0.4 is 0 Å². The Morgan fingerprint density at radius 2 is 1.65 bits per heavy atom. The topological polar surface area (TPSA) is 71.3 Å². The summed E-state index contributed by atoms with van der Waals surface area (Å²) >= 11 is 0. The van der Waals surface area contributed by atoms with Crippen molar-refractivity contribution in [2.75, 3.05) is 26.2 Å². The molecule has 0 radical (unpaired) electrons. The SMILES string of the molecule is O=C(c1ccccc1-n1cnnc1)N1CCC2(CCN(CCc3ccccc3)C2=O)C1. The average Bonchev–Trinajstić information content (AvgIpc) is 3.56. The predicted molar refractivity (Wildman–Crippen MR) is 116 cm³/mol. The Hall–Kier alpha value is -3.48. The van der Waals surface area contributed by atoms with E-state index < -0.39 is 5.41 Å². The minimum atomic E-state index is -0.433. The van der Waals surface area contributed by atoms with Crippen molar-refractivity contribution in [3.63, 3.8) is 0 Å². The number of carbonyl (C=O) groups is 2. The number of amides is 2. The van der Waals surface area contributed by atoms with Crippen LogP contribution in [-0.2, 0) is 11.2 Å². The van der Waals surface area contributed by atoms with Crippen molar-refractivity contribution in [1.29, 1.82) is 0 Å². The van der Waals surface area contributed by atoms with Gasteiger partial charge in [-0.25, -0.2) is 0 Å². The van der Waals surface area contributed by atoms with E-state index >= 15 is 0 Å². The molecule has 0 aliphatic carbocycles. The summed E-state index contributed by atoms with van der Waals surface area (Å²) < 4.78 is 1.74. The van der Waals surface area contributed by atoms with Gasteiger partial charge in [0.1, 0.15) is 12.7 Å². The van der Waals surface area contributed by atoms with Crippen LogP contribution in [0, 0.1) is 5.41 Å². The van der Waals surface area contributed by atoms with Crippen molar-refractivity contribution in [3.8, 4) is 5.69 Å². The molecule has 158 valence electrons. The number of aromatic nitrogens is 3. The Kier molecular flexibility index (Phi) is 5.02. The monoisotopic (exact) mass is 415 g/mol. The molecule has 2 aliphatic heterocycles. The summed E-state index contributed by atoms with van der Waals surface area (Å²) in [7, 11) is 0. The molecule has 2 amide bonds. The molecule has 0 saturated carbocycles. The van der Waals surface area contributed by atoms with Crippen molar-refractivity contribution < 1.29 is 9.59 Å². The number of nitrogens with zero attached hydrogens (tertiary/aromatic N) is 5. The largest absolute Gasteiger partial charge is 0.342 e. The van der Waals surface area contributed by atoms with Gasteiger partial charge in [-0.05, 0) is 37.0 Å². The van der Waals surface area contributed by atoms with Crippen molar-refractivity contribution in [3.05, 3.63) is 78.4 Å². The maximum absolute atomic E-state index is 13.3. The molecular formula is C24H25N5O2. The number of likely N-dealkylation sites (tertiary alicyclic amines) is 2. The maximum Gasteiger partial charge on any atom is 0.256 e. The lowest BCUT2D eigenvalue weighted by Gasteiger charge is -2.24. The van der Waals surface area contributed by atoms with Crippen LogP contribution in [0.4, 0.5) is 0 Å². The predicted octanol–water partition coefficient (Wildman–Crippen LogP) is 2.57. The normalized spacial score (nSPS) is 20.7. The van der Waals surface area contributed by atoms with E-state index in [2.05, 4.69) is 22.3 Å². The number of rotatable bonds is 5. The van der Waals surface area contributed by atoms with Crippen LogP contribution in [-0.4, -0.2) is 62.6 Å². The van der Waals surface area contributed by atoms with Gasteiger partial charge in [0.2, 0.25) is 5.91 Å². The highest BCUT2D eigenvalue weighted by Crippen LogP contribution is 2.41. The molecule has 2 aliphatic rings. The van der Waals surface area contributed by atoms with Crippen LogP contribution in [0.25, 0.3) is 5.69 Å². The van der Waals surface area contributed by atoms with Crippen molar-refractivity contribution in [2.45, 2.75) is 19.3 Å². The molecule has 1 spiro atoms. The second kappa shape index (κ2) is 7.98. The van der Waals surface area contributed by atoms with E-state index in [9.17, 15) is 9.59 Å². The molecule has 31 heavy (non-hydrogen) atoms. The van der Waals surface area contributed by atoms with E-state index in [1.165, 1.54) is 5.56 Å². The molecule has 3 heterocycles. The van der Waals surface area contributed by atoms with Crippen LogP contribution in [0.15, 0.2) is 67.3 Å². The van der Waals surface area contributed by atoms with Gasteiger partial charge >= 0.3 is 0 Å². The Balaban J connectivity index is 1.28. The molecule has 1 aromatic heterocycles. The highest BCUT2D eigenvalue weighted by atomic mass is 16.2. The maximum atomic E-state index is 13.3. The summed E-state index contributed by atoms with van der Waals surface area (Å²) in [6.45, 7) is 2.59. The van der Waals surface area contributed by atoms with Crippen LogP contribution in [0.1, 0.15) is 28.8 Å². The van der Waals surface area contributed by atoms with E-state index in [-0.39, 0.29) is 11.8 Å². The minimum Gasteiger partial charge on any atom is -0.342 e. The average molecular weight is 415 g/mol. The number of carbonyl (C=O) groups excluding carboxylic acids is 2. The van der Waals surface area contributed by atoms with E-state index in [0.29, 0.717) is 18.7 Å². The highest BCUT2D eigenvalue weighted by molar-refractivity contribution is 5.98. The Bertz CT molecular complexity index is 1080. The second-order valence-electron chi connectivity index (χ2n) is 8.42. The standard InChI is InChI=1S/C24H25N5O2/c30-22(20-8-4-5-9-21(20)29-17-25-26-18-29)28-15-12-24(16-28)11-14-27(23(24)31)13-10-19-6-2-1-3-7-19/h1-9,17-18H,10-16H2. The van der Waals surface area contributed by atoms with Crippen LogP contribution >= 0.6 is 0 Å². The number of hydrogen-bond donors (Lipinski definition) is 0. The molecule has 3 aromatic rings. The second-order valence-corrected chi connectivity index (χ2v) is 8.42. The Morgan fingerprint density at radius 1 is 0.935 bits per heavy atom. The molecule has 0 N–H and O–H groups in total. The summed E-state index contributed by atoms with van der Waals surface area (Å²) in [5, 5.41) is 7.70. The van der Waals surface area contributed by atoms with E-state index in [0.717, 1.165) is 38.0 Å². The van der Waals surface area contributed by atoms with E-state index in [4.69, 9.17) is 0 Å². The summed E-state index contributed by atoms with van der Waals surface area (Å²) in [5.74, 6) is 0.155. The summed E-state index contributed by atoms with van der Waals surface area (Å²) in [5.41, 5.74) is 2.16. The fraction of sp³-hybridized carbons (Fsp3) is 0.333. The lowest BCUT2D eigenvalue weighted by Crippen LogP contribution is -2.39. The lowest BCUT2D eigenvalue weighted by atomic mass is 9.85. The van der Waals surface area contributed by atoms with Crippen molar-refractivity contribution in [2.24, 2.45) is 5.41 Å². The first-order valence-electron chi connectivity index (χ1n) is 10.7. The summed E-state index contributed by atoms with van der Waals surface area (Å²) in [4.78, 5) is 30.4. The zero-order chi connectivity index (χ0) is 21.3. The van der Waals surface area contributed by atoms with Gasteiger partial charge in [-0.15, -0.1) is 10.2 Å². The molecule has 2 aromatic carbocycles. The third-order valence-corrected chi connectivity index (χ3v) is 6.59. The third-order valence-electron chi connectivity index (χ3n) is 6.59. The minimum absolute atomic E-state index is 0.0447. The molecule has 5 rings (SSSR count). The summed E-state index contributed by atoms with van der Waals surface area (Å²) in [6, 6.07) is 17.7.